The van der Waals surface area contributed by atoms with Crippen molar-refractivity contribution in [1.82, 2.24) is 9.97 Å². The molecule has 0 amide bonds. The first-order valence-electron chi connectivity index (χ1n) is 10.1. The third-order valence-electron chi connectivity index (χ3n) is 5.37. The molecular formula is C25H21N3O3S. The number of para-hydroxylation sites is 2. The third kappa shape index (κ3) is 3.61. The summed E-state index contributed by atoms with van der Waals surface area (Å²) in [5.74, 6) is 0.222. The lowest BCUT2D eigenvalue weighted by molar-refractivity contribution is 0.595. The predicted octanol–water partition coefficient (Wildman–Crippen LogP) is 5.08. The Labute approximate surface area is 186 Å². The molecule has 5 rings (SSSR count). The van der Waals surface area contributed by atoms with Crippen molar-refractivity contribution in [2.24, 2.45) is 0 Å². The number of oxazole rings is 1. The first-order chi connectivity index (χ1) is 15.4. The molecule has 0 aliphatic heterocycles. The summed E-state index contributed by atoms with van der Waals surface area (Å²) in [6.45, 7) is 0. The molecule has 3 aromatic carbocycles. The molecule has 32 heavy (non-hydrogen) atoms. The standard InChI is InChI=1S/C25H21N3O3S/c1-28(2)22-10-5-8-20-19(22)7-6-12-24(20)32(29,30)16-18-15-17(13-14-26-18)25-27-21-9-3-4-11-23(21)31-25/h3-15H,16H2,1-2H3. The van der Waals surface area contributed by atoms with Gasteiger partial charge in [-0.2, -0.15) is 0 Å². The smallest absolute Gasteiger partial charge is 0.227 e. The van der Waals surface area contributed by atoms with Crippen molar-refractivity contribution < 1.29 is 12.8 Å². The number of pyridine rings is 1. The van der Waals surface area contributed by atoms with Crippen molar-refractivity contribution in [3.63, 3.8) is 0 Å². The molecule has 0 N–H and O–H groups in total. The second kappa shape index (κ2) is 7.76. The molecule has 2 heterocycles. The Morgan fingerprint density at radius 1 is 0.906 bits per heavy atom. The summed E-state index contributed by atoms with van der Waals surface area (Å²) in [4.78, 5) is 11.1. The number of hydrogen-bond donors (Lipinski definition) is 0. The van der Waals surface area contributed by atoms with Gasteiger partial charge in [0.15, 0.2) is 15.4 Å². The monoisotopic (exact) mass is 443 g/mol. The lowest BCUT2D eigenvalue weighted by Crippen LogP contribution is -2.10. The quantitative estimate of drug-likeness (QED) is 0.377. The minimum Gasteiger partial charge on any atom is -0.436 e. The van der Waals surface area contributed by atoms with Crippen molar-refractivity contribution in [3.8, 4) is 11.5 Å². The number of sulfone groups is 1. The Hall–Kier alpha value is -3.71. The van der Waals surface area contributed by atoms with Crippen molar-refractivity contribution in [1.29, 1.82) is 0 Å². The van der Waals surface area contributed by atoms with Gasteiger partial charge in [-0.05, 0) is 36.4 Å². The van der Waals surface area contributed by atoms with Crippen LogP contribution in [0.2, 0.25) is 0 Å². The highest BCUT2D eigenvalue weighted by molar-refractivity contribution is 7.90. The maximum atomic E-state index is 13.4. The maximum Gasteiger partial charge on any atom is 0.227 e. The van der Waals surface area contributed by atoms with Crippen molar-refractivity contribution in [2.75, 3.05) is 19.0 Å². The Balaban J connectivity index is 1.53. The second-order valence-electron chi connectivity index (χ2n) is 7.80. The molecule has 0 saturated carbocycles. The van der Waals surface area contributed by atoms with Gasteiger partial charge in [0.05, 0.1) is 16.3 Å². The molecule has 0 spiro atoms. The zero-order chi connectivity index (χ0) is 22.3. The van der Waals surface area contributed by atoms with Gasteiger partial charge >= 0.3 is 0 Å². The Bertz CT molecular complexity index is 1520. The minimum atomic E-state index is -3.64. The zero-order valence-electron chi connectivity index (χ0n) is 17.7. The van der Waals surface area contributed by atoms with E-state index >= 15 is 0 Å². The van der Waals surface area contributed by atoms with E-state index in [0.717, 1.165) is 16.6 Å². The molecule has 160 valence electrons. The van der Waals surface area contributed by atoms with Crippen LogP contribution in [0, 0.1) is 0 Å². The summed E-state index contributed by atoms with van der Waals surface area (Å²) in [5, 5.41) is 1.60. The first kappa shape index (κ1) is 20.2. The summed E-state index contributed by atoms with van der Waals surface area (Å²) in [7, 11) is 0.246. The van der Waals surface area contributed by atoms with Gasteiger partial charge < -0.3 is 9.32 Å². The molecule has 0 aliphatic carbocycles. The molecule has 0 saturated heterocycles. The highest BCUT2D eigenvalue weighted by Crippen LogP contribution is 2.32. The van der Waals surface area contributed by atoms with Crippen LogP contribution >= 0.6 is 0 Å². The van der Waals surface area contributed by atoms with Gasteiger partial charge in [0.1, 0.15) is 5.52 Å². The fraction of sp³-hybridized carbons (Fsp3) is 0.120. The van der Waals surface area contributed by atoms with Gasteiger partial charge in [0.2, 0.25) is 5.89 Å². The van der Waals surface area contributed by atoms with Crippen LogP contribution in [-0.2, 0) is 15.6 Å². The zero-order valence-corrected chi connectivity index (χ0v) is 18.5. The number of rotatable bonds is 5. The van der Waals surface area contributed by atoms with Crippen molar-refractivity contribution in [3.05, 3.63) is 84.7 Å². The summed E-state index contributed by atoms with van der Waals surface area (Å²) >= 11 is 0. The van der Waals surface area contributed by atoms with Gasteiger partial charge in [0.25, 0.3) is 0 Å². The highest BCUT2D eigenvalue weighted by Gasteiger charge is 2.21. The SMILES string of the molecule is CN(C)c1cccc2c(S(=O)(=O)Cc3cc(-c4nc5ccccc5o4)ccn3)cccc12. The van der Waals surface area contributed by atoms with Crippen LogP contribution in [0.5, 0.6) is 0 Å². The lowest BCUT2D eigenvalue weighted by Gasteiger charge is -2.17. The molecule has 7 heteroatoms. The van der Waals surface area contributed by atoms with E-state index < -0.39 is 9.84 Å². The maximum absolute atomic E-state index is 13.4. The van der Waals surface area contributed by atoms with Gasteiger partial charge in [-0.1, -0.05) is 36.4 Å². The average Bonchev–Trinajstić information content (AvgIpc) is 3.22. The van der Waals surface area contributed by atoms with E-state index in [4.69, 9.17) is 4.42 Å². The average molecular weight is 444 g/mol. The Morgan fingerprint density at radius 3 is 2.50 bits per heavy atom. The summed E-state index contributed by atoms with van der Waals surface area (Å²) in [6.07, 6.45) is 1.59. The van der Waals surface area contributed by atoms with Crippen LogP contribution in [0.15, 0.2) is 88.3 Å². The molecule has 2 aromatic heterocycles. The second-order valence-corrected chi connectivity index (χ2v) is 9.76. The van der Waals surface area contributed by atoms with Crippen molar-refractivity contribution in [2.45, 2.75) is 10.6 Å². The first-order valence-corrected chi connectivity index (χ1v) is 11.8. The van der Waals surface area contributed by atoms with E-state index in [1.807, 2.05) is 67.5 Å². The van der Waals surface area contributed by atoms with Gasteiger partial charge in [-0.25, -0.2) is 13.4 Å². The molecule has 0 atom stereocenters. The highest BCUT2D eigenvalue weighted by atomic mass is 32.2. The van der Waals surface area contributed by atoms with E-state index in [1.165, 1.54) is 0 Å². The molecule has 6 nitrogen and oxygen atoms in total. The largest absolute Gasteiger partial charge is 0.436 e. The number of hydrogen-bond acceptors (Lipinski definition) is 6. The van der Waals surface area contributed by atoms with E-state index in [2.05, 4.69) is 9.97 Å². The minimum absolute atomic E-state index is 0.216. The van der Waals surface area contributed by atoms with Crippen LogP contribution < -0.4 is 4.90 Å². The van der Waals surface area contributed by atoms with E-state index in [-0.39, 0.29) is 5.75 Å². The number of fused-ring (bicyclic) bond motifs is 2. The number of anilines is 1. The van der Waals surface area contributed by atoms with Crippen LogP contribution in [0.4, 0.5) is 5.69 Å². The molecule has 0 radical (unpaired) electrons. The molecule has 0 fully saturated rings. The molecule has 0 bridgehead atoms. The summed E-state index contributed by atoms with van der Waals surface area (Å²) in [6, 6.07) is 22.1. The molecule has 0 unspecified atom stereocenters. The molecule has 0 aliphatic rings. The fourth-order valence-electron chi connectivity index (χ4n) is 3.88. The lowest BCUT2D eigenvalue weighted by atomic mass is 10.1. The van der Waals surface area contributed by atoms with Crippen LogP contribution in [0.25, 0.3) is 33.3 Å². The summed E-state index contributed by atoms with van der Waals surface area (Å²) in [5.41, 5.74) is 3.53. The topological polar surface area (TPSA) is 76.3 Å². The molecule has 5 aromatic rings. The number of nitrogens with zero attached hydrogens (tertiary/aromatic N) is 3. The third-order valence-corrected chi connectivity index (χ3v) is 7.07. The van der Waals surface area contributed by atoms with Crippen LogP contribution in [0.1, 0.15) is 5.69 Å². The Kier molecular flexibility index (Phi) is 4.90. The molecular weight excluding hydrogens is 422 g/mol. The number of benzene rings is 3. The predicted molar refractivity (Wildman–Crippen MR) is 126 cm³/mol. The fourth-order valence-corrected chi connectivity index (χ4v) is 5.39. The van der Waals surface area contributed by atoms with Gasteiger partial charge in [-0.3, -0.25) is 4.98 Å². The summed E-state index contributed by atoms with van der Waals surface area (Å²) < 4.78 is 32.6. The van der Waals surface area contributed by atoms with Gasteiger partial charge in [-0.15, -0.1) is 0 Å². The normalized spacial score (nSPS) is 11.8. The van der Waals surface area contributed by atoms with Crippen LogP contribution in [0.3, 0.4) is 0 Å². The van der Waals surface area contributed by atoms with E-state index in [0.29, 0.717) is 33.0 Å². The van der Waals surface area contributed by atoms with E-state index in [9.17, 15) is 8.42 Å². The van der Waals surface area contributed by atoms with E-state index in [1.54, 1.807) is 30.5 Å². The van der Waals surface area contributed by atoms with Crippen molar-refractivity contribution >= 4 is 37.4 Å². The van der Waals surface area contributed by atoms with Gasteiger partial charge in [0, 0.05) is 42.3 Å². The Morgan fingerprint density at radius 2 is 1.69 bits per heavy atom. The van der Waals surface area contributed by atoms with Crippen LogP contribution in [-0.4, -0.2) is 32.5 Å². The number of aromatic nitrogens is 2.